The molecule has 2 saturated carbocycles. The number of hydrogen-bond acceptors (Lipinski definition) is 5. The van der Waals surface area contributed by atoms with Crippen LogP contribution in [0.3, 0.4) is 0 Å². The van der Waals surface area contributed by atoms with Crippen LogP contribution in [0.2, 0.25) is 0 Å². The highest BCUT2D eigenvalue weighted by Crippen LogP contribution is 2.47. The molecule has 0 aromatic carbocycles. The Morgan fingerprint density at radius 1 is 1.62 bits per heavy atom. The predicted molar refractivity (Wildman–Crippen MR) is 62.9 cm³/mol. The van der Waals surface area contributed by atoms with Crippen LogP contribution in [0.1, 0.15) is 26.2 Å². The topological polar surface area (TPSA) is 58.9 Å². The van der Waals surface area contributed by atoms with Gasteiger partial charge in [-0.15, -0.1) is 11.8 Å². The maximum absolute atomic E-state index is 11.3. The summed E-state index contributed by atoms with van der Waals surface area (Å²) in [6.07, 6.45) is 3.46. The van der Waals surface area contributed by atoms with Crippen molar-refractivity contribution in [3.63, 3.8) is 0 Å². The molecule has 0 aromatic heterocycles. The Balaban J connectivity index is 1.87. The highest BCUT2D eigenvalue weighted by Gasteiger charge is 2.45. The molecule has 0 unspecified atom stereocenters. The highest BCUT2D eigenvalue weighted by atomic mass is 32.2. The molecule has 2 bridgehead atoms. The number of fused-ring (bicyclic) bond motifs is 2. The fraction of sp³-hybridized carbons (Fsp3) is 0.818. The normalized spacial score (nSPS) is 34.6. The van der Waals surface area contributed by atoms with Crippen molar-refractivity contribution in [2.75, 3.05) is 12.4 Å². The highest BCUT2D eigenvalue weighted by molar-refractivity contribution is 8.01. The molecule has 1 N–H and O–H groups in total. The van der Waals surface area contributed by atoms with E-state index in [1.54, 1.807) is 18.7 Å². The summed E-state index contributed by atoms with van der Waals surface area (Å²) in [5, 5.41) is 12.6. The molecule has 0 radical (unpaired) electrons. The minimum Gasteiger partial charge on any atom is -0.465 e. The summed E-state index contributed by atoms with van der Waals surface area (Å²) in [4.78, 5) is 11.3. The quantitative estimate of drug-likeness (QED) is 0.465. The van der Waals surface area contributed by atoms with Crippen molar-refractivity contribution in [1.29, 1.82) is 0 Å². The van der Waals surface area contributed by atoms with Gasteiger partial charge in [0, 0.05) is 5.92 Å². The summed E-state index contributed by atoms with van der Waals surface area (Å²) < 4.78 is 4.89. The zero-order valence-corrected chi connectivity index (χ0v) is 10.2. The predicted octanol–water partition coefficient (Wildman–Crippen LogP) is 1.91. The molecule has 0 saturated heterocycles. The Labute approximate surface area is 99.4 Å². The van der Waals surface area contributed by atoms with Crippen LogP contribution in [-0.4, -0.2) is 34.5 Å². The van der Waals surface area contributed by atoms with Gasteiger partial charge in [-0.2, -0.15) is 0 Å². The summed E-state index contributed by atoms with van der Waals surface area (Å²) in [7, 11) is 0. The molecule has 4 nitrogen and oxygen atoms in total. The van der Waals surface area contributed by atoms with Gasteiger partial charge < -0.3 is 9.94 Å². The summed E-state index contributed by atoms with van der Waals surface area (Å²) >= 11 is 1.56. The second-order valence-electron chi connectivity index (χ2n) is 4.33. The Morgan fingerprint density at radius 3 is 3.12 bits per heavy atom. The third kappa shape index (κ3) is 2.19. The Hall–Kier alpha value is -0.710. The molecule has 0 amide bonds. The van der Waals surface area contributed by atoms with Crippen LogP contribution in [0.15, 0.2) is 5.16 Å². The second-order valence-corrected chi connectivity index (χ2v) is 5.46. The molecule has 0 aromatic rings. The van der Waals surface area contributed by atoms with Crippen molar-refractivity contribution in [3.05, 3.63) is 0 Å². The van der Waals surface area contributed by atoms with Gasteiger partial charge in [0.05, 0.1) is 23.3 Å². The van der Waals surface area contributed by atoms with Gasteiger partial charge in [0.15, 0.2) is 0 Å². The number of hydrogen-bond donors (Lipinski definition) is 1. The smallest absolute Gasteiger partial charge is 0.315 e. The zero-order valence-electron chi connectivity index (χ0n) is 9.39. The molecular weight excluding hydrogens is 226 g/mol. The van der Waals surface area contributed by atoms with E-state index in [4.69, 9.17) is 9.94 Å². The van der Waals surface area contributed by atoms with Crippen molar-refractivity contribution < 1.29 is 14.7 Å². The largest absolute Gasteiger partial charge is 0.465 e. The van der Waals surface area contributed by atoms with Crippen LogP contribution < -0.4 is 0 Å². The van der Waals surface area contributed by atoms with Gasteiger partial charge >= 0.3 is 5.97 Å². The number of carbonyl (C=O) groups excluding carboxylic acids is 1. The van der Waals surface area contributed by atoms with Crippen molar-refractivity contribution in [1.82, 2.24) is 0 Å². The molecule has 2 fully saturated rings. The van der Waals surface area contributed by atoms with Gasteiger partial charge in [0.1, 0.15) is 0 Å². The van der Waals surface area contributed by atoms with E-state index in [0.717, 1.165) is 18.6 Å². The first-order chi connectivity index (χ1) is 7.76. The summed E-state index contributed by atoms with van der Waals surface area (Å²) in [5.41, 5.74) is 0.894. The summed E-state index contributed by atoms with van der Waals surface area (Å²) in [6, 6.07) is 0. The molecule has 2 aliphatic rings. The minimum absolute atomic E-state index is 0.174. The molecule has 0 aliphatic heterocycles. The molecule has 2 aliphatic carbocycles. The average Bonchev–Trinajstić information content (AvgIpc) is 2.86. The zero-order chi connectivity index (χ0) is 11.5. The fourth-order valence-corrected chi connectivity index (χ4v) is 4.08. The number of ether oxygens (including phenoxy) is 1. The van der Waals surface area contributed by atoms with Crippen molar-refractivity contribution in [2.24, 2.45) is 17.0 Å². The first-order valence-corrected chi connectivity index (χ1v) is 6.80. The van der Waals surface area contributed by atoms with E-state index in [9.17, 15) is 4.79 Å². The van der Waals surface area contributed by atoms with Crippen LogP contribution in [0.4, 0.5) is 0 Å². The van der Waals surface area contributed by atoms with E-state index >= 15 is 0 Å². The molecule has 5 heteroatoms. The molecule has 0 heterocycles. The van der Waals surface area contributed by atoms with E-state index < -0.39 is 0 Å². The fourth-order valence-electron chi connectivity index (χ4n) is 2.75. The molecular formula is C11H17NO3S. The van der Waals surface area contributed by atoms with Gasteiger partial charge in [-0.05, 0) is 32.1 Å². The van der Waals surface area contributed by atoms with Crippen LogP contribution in [0.5, 0.6) is 0 Å². The van der Waals surface area contributed by atoms with Gasteiger partial charge in [-0.25, -0.2) is 0 Å². The summed E-state index contributed by atoms with van der Waals surface area (Å²) in [6.45, 7) is 2.23. The van der Waals surface area contributed by atoms with E-state index in [1.165, 1.54) is 6.42 Å². The Morgan fingerprint density at radius 2 is 2.44 bits per heavy atom. The second kappa shape index (κ2) is 5.08. The van der Waals surface area contributed by atoms with E-state index in [1.807, 2.05) is 0 Å². The van der Waals surface area contributed by atoms with E-state index in [-0.39, 0.29) is 11.2 Å². The Bertz CT molecular complexity index is 306. The van der Waals surface area contributed by atoms with Gasteiger partial charge in [0.2, 0.25) is 0 Å². The van der Waals surface area contributed by atoms with Crippen LogP contribution in [-0.2, 0) is 9.53 Å². The lowest BCUT2D eigenvalue weighted by Gasteiger charge is -2.21. The lowest BCUT2D eigenvalue weighted by molar-refractivity contribution is -0.139. The first-order valence-electron chi connectivity index (χ1n) is 5.75. The monoisotopic (exact) mass is 243 g/mol. The maximum Gasteiger partial charge on any atom is 0.315 e. The van der Waals surface area contributed by atoms with Crippen molar-refractivity contribution in [3.8, 4) is 0 Å². The van der Waals surface area contributed by atoms with E-state index in [2.05, 4.69) is 5.16 Å². The van der Waals surface area contributed by atoms with E-state index in [0.29, 0.717) is 24.2 Å². The number of esters is 1. The summed E-state index contributed by atoms with van der Waals surface area (Å²) in [5.74, 6) is 1.23. The SMILES string of the molecule is CCOC(=O)CS[C@@H]1/C(=N/O)[C@H]2CC[C@H]1C2. The van der Waals surface area contributed by atoms with Crippen LogP contribution >= 0.6 is 11.8 Å². The molecule has 90 valence electrons. The third-order valence-electron chi connectivity index (χ3n) is 3.41. The lowest BCUT2D eigenvalue weighted by Crippen LogP contribution is -2.26. The maximum atomic E-state index is 11.3. The number of nitrogens with zero attached hydrogens (tertiary/aromatic N) is 1. The van der Waals surface area contributed by atoms with Crippen LogP contribution in [0, 0.1) is 11.8 Å². The standard InChI is InChI=1S/C11H17NO3S/c1-2-15-9(13)6-16-11-8-4-3-7(5-8)10(11)12-14/h7-8,11,14H,2-6H2,1H3/b12-10+/t7-,8-,11-/m0/s1. The average molecular weight is 243 g/mol. The lowest BCUT2D eigenvalue weighted by atomic mass is 9.98. The van der Waals surface area contributed by atoms with Gasteiger partial charge in [0.25, 0.3) is 0 Å². The molecule has 3 atom stereocenters. The number of carbonyl (C=O) groups is 1. The number of rotatable bonds is 4. The number of thioether (sulfide) groups is 1. The van der Waals surface area contributed by atoms with Gasteiger partial charge in [-0.3, -0.25) is 4.79 Å². The molecule has 0 spiro atoms. The third-order valence-corrected chi connectivity index (χ3v) is 4.80. The Kier molecular flexibility index (Phi) is 3.74. The first kappa shape index (κ1) is 11.8. The van der Waals surface area contributed by atoms with Crippen LogP contribution in [0.25, 0.3) is 0 Å². The van der Waals surface area contributed by atoms with Crippen molar-refractivity contribution in [2.45, 2.75) is 31.4 Å². The number of oxime groups is 1. The van der Waals surface area contributed by atoms with Gasteiger partial charge in [-0.1, -0.05) is 5.16 Å². The molecule has 2 rings (SSSR count). The van der Waals surface area contributed by atoms with Crippen molar-refractivity contribution >= 4 is 23.4 Å². The molecule has 16 heavy (non-hydrogen) atoms. The minimum atomic E-state index is -0.174.